The van der Waals surface area contributed by atoms with Crippen LogP contribution in [-0.2, 0) is 0 Å². The minimum Gasteiger partial charge on any atom is -0.303 e. The average Bonchev–Trinajstić information content (AvgIpc) is 2.59. The normalized spacial score (nSPS) is 40.8. The van der Waals surface area contributed by atoms with Crippen LogP contribution < -0.4 is 16.2 Å². The maximum Gasteiger partial charge on any atom is 0.0421 e. The molecule has 2 atom stereocenters. The number of rotatable bonds is 1. The molecule has 0 radical (unpaired) electrons. The monoisotopic (exact) mass is 159 g/mol. The Kier molecular flexibility index (Phi) is 2.13. The van der Waals surface area contributed by atoms with Crippen molar-refractivity contribution < 1.29 is 0 Å². The van der Waals surface area contributed by atoms with Crippen molar-refractivity contribution in [3.63, 3.8) is 0 Å². The van der Waals surface area contributed by atoms with E-state index < -0.39 is 0 Å². The first-order valence-electron chi connectivity index (χ1n) is 3.76. The van der Waals surface area contributed by atoms with Gasteiger partial charge in [-0.05, 0) is 6.42 Å². The van der Waals surface area contributed by atoms with Gasteiger partial charge in [-0.3, -0.25) is 10.9 Å². The molecule has 0 amide bonds. The lowest BCUT2D eigenvalue weighted by Gasteiger charge is -2.16. The zero-order valence-corrected chi connectivity index (χ0v) is 6.71. The van der Waals surface area contributed by atoms with E-state index in [4.69, 9.17) is 0 Å². The molecule has 0 aromatic heterocycles. The first kappa shape index (κ1) is 6.91. The fourth-order valence-electron chi connectivity index (χ4n) is 1.47. The smallest absolute Gasteiger partial charge is 0.0421 e. The summed E-state index contributed by atoms with van der Waals surface area (Å²) >= 11 is 1.99. The third kappa shape index (κ3) is 1.29. The highest BCUT2D eigenvalue weighted by atomic mass is 32.2. The molecule has 2 heterocycles. The molecule has 0 bridgehead atoms. The van der Waals surface area contributed by atoms with E-state index in [1.807, 2.05) is 11.8 Å². The fraction of sp³-hybridized carbons (Fsp3) is 1.00. The Labute approximate surface area is 65.3 Å². The van der Waals surface area contributed by atoms with Crippen molar-refractivity contribution in [3.8, 4) is 0 Å². The highest BCUT2D eigenvalue weighted by Gasteiger charge is 2.26. The highest BCUT2D eigenvalue weighted by molar-refractivity contribution is 7.99. The minimum absolute atomic E-state index is 0.662. The first-order valence-corrected chi connectivity index (χ1v) is 4.92. The largest absolute Gasteiger partial charge is 0.303 e. The van der Waals surface area contributed by atoms with Crippen LogP contribution in [0.1, 0.15) is 6.42 Å². The molecule has 2 aliphatic rings. The Bertz CT molecular complexity index is 93.6. The summed E-state index contributed by atoms with van der Waals surface area (Å²) in [5.74, 6) is 2.39. The summed E-state index contributed by atoms with van der Waals surface area (Å²) < 4.78 is 0. The predicted molar refractivity (Wildman–Crippen MR) is 43.8 cm³/mol. The van der Waals surface area contributed by atoms with Crippen LogP contribution >= 0.6 is 11.8 Å². The Morgan fingerprint density at radius 2 is 2.30 bits per heavy atom. The summed E-state index contributed by atoms with van der Waals surface area (Å²) in [7, 11) is 0. The molecule has 2 saturated heterocycles. The fourth-order valence-corrected chi connectivity index (χ4v) is 2.53. The van der Waals surface area contributed by atoms with E-state index in [1.165, 1.54) is 12.2 Å². The molecule has 0 aromatic rings. The lowest BCUT2D eigenvalue weighted by molar-refractivity contribution is 0.447. The molecule has 58 valence electrons. The van der Waals surface area contributed by atoms with E-state index in [9.17, 15) is 0 Å². The van der Waals surface area contributed by atoms with Crippen LogP contribution in [0.15, 0.2) is 0 Å². The lowest BCUT2D eigenvalue weighted by Crippen LogP contribution is -2.45. The van der Waals surface area contributed by atoms with Gasteiger partial charge < -0.3 is 5.32 Å². The van der Waals surface area contributed by atoms with Crippen molar-refractivity contribution in [2.75, 3.05) is 18.2 Å². The SMILES string of the molecule is C1CC(C2CSCN2)NN1. The minimum atomic E-state index is 0.662. The van der Waals surface area contributed by atoms with Crippen molar-refractivity contribution in [2.45, 2.75) is 18.5 Å². The Morgan fingerprint density at radius 1 is 1.30 bits per heavy atom. The van der Waals surface area contributed by atoms with Gasteiger partial charge in [0.15, 0.2) is 0 Å². The van der Waals surface area contributed by atoms with E-state index >= 15 is 0 Å². The van der Waals surface area contributed by atoms with Crippen molar-refractivity contribution >= 4 is 11.8 Å². The lowest BCUT2D eigenvalue weighted by atomic mass is 10.1. The summed E-state index contributed by atoms with van der Waals surface area (Å²) in [5.41, 5.74) is 6.42. The van der Waals surface area contributed by atoms with Gasteiger partial charge in [-0.25, -0.2) is 0 Å². The van der Waals surface area contributed by atoms with Gasteiger partial charge in [0.25, 0.3) is 0 Å². The molecule has 0 aliphatic carbocycles. The van der Waals surface area contributed by atoms with E-state index in [0.29, 0.717) is 12.1 Å². The van der Waals surface area contributed by atoms with Gasteiger partial charge in [0.1, 0.15) is 0 Å². The molecule has 2 fully saturated rings. The standard InChI is InChI=1S/C6H13N3S/c1-2-8-9-5(1)6-3-10-4-7-6/h5-9H,1-4H2. The second-order valence-corrected chi connectivity index (χ2v) is 3.82. The number of thioether (sulfide) groups is 1. The van der Waals surface area contributed by atoms with Gasteiger partial charge in [0.05, 0.1) is 0 Å². The number of hydrogen-bond donors (Lipinski definition) is 3. The molecule has 10 heavy (non-hydrogen) atoms. The van der Waals surface area contributed by atoms with E-state index in [-0.39, 0.29) is 0 Å². The van der Waals surface area contributed by atoms with Crippen LogP contribution in [0.2, 0.25) is 0 Å². The van der Waals surface area contributed by atoms with Gasteiger partial charge in [-0.2, -0.15) is 0 Å². The predicted octanol–water partition coefficient (Wildman–Crippen LogP) is -0.485. The maximum atomic E-state index is 3.46. The number of nitrogens with one attached hydrogen (secondary N) is 3. The second kappa shape index (κ2) is 3.09. The zero-order chi connectivity index (χ0) is 6.81. The van der Waals surface area contributed by atoms with Crippen LogP contribution in [-0.4, -0.2) is 30.3 Å². The molecule has 3 N–H and O–H groups in total. The molecule has 2 aliphatic heterocycles. The van der Waals surface area contributed by atoms with Gasteiger partial charge in [0, 0.05) is 30.3 Å². The van der Waals surface area contributed by atoms with Crippen LogP contribution in [0.5, 0.6) is 0 Å². The van der Waals surface area contributed by atoms with Crippen molar-refractivity contribution in [3.05, 3.63) is 0 Å². The quantitative estimate of drug-likeness (QED) is 0.483. The topological polar surface area (TPSA) is 36.1 Å². The van der Waals surface area contributed by atoms with Crippen molar-refractivity contribution in [2.24, 2.45) is 0 Å². The summed E-state index contributed by atoms with van der Waals surface area (Å²) in [5, 5.41) is 3.46. The van der Waals surface area contributed by atoms with E-state index in [2.05, 4.69) is 16.2 Å². The third-order valence-corrected chi connectivity index (χ3v) is 3.06. The Morgan fingerprint density at radius 3 is 2.90 bits per heavy atom. The molecular weight excluding hydrogens is 146 g/mol. The molecule has 0 saturated carbocycles. The van der Waals surface area contributed by atoms with Crippen molar-refractivity contribution in [1.29, 1.82) is 0 Å². The van der Waals surface area contributed by atoms with Gasteiger partial charge in [-0.15, -0.1) is 11.8 Å². The Balaban J connectivity index is 1.85. The van der Waals surface area contributed by atoms with Crippen LogP contribution in [0.3, 0.4) is 0 Å². The summed E-state index contributed by atoms with van der Waals surface area (Å²) in [6.07, 6.45) is 1.26. The van der Waals surface area contributed by atoms with Gasteiger partial charge >= 0.3 is 0 Å². The molecule has 0 spiro atoms. The third-order valence-electron chi connectivity index (χ3n) is 2.10. The van der Waals surface area contributed by atoms with E-state index in [0.717, 1.165) is 12.4 Å². The summed E-state index contributed by atoms with van der Waals surface area (Å²) in [6, 6.07) is 1.36. The van der Waals surface area contributed by atoms with E-state index in [1.54, 1.807) is 0 Å². The number of hydrazine groups is 1. The summed E-state index contributed by atoms with van der Waals surface area (Å²) in [6.45, 7) is 1.12. The first-order chi connectivity index (χ1) is 4.97. The highest BCUT2D eigenvalue weighted by Crippen LogP contribution is 2.15. The summed E-state index contributed by atoms with van der Waals surface area (Å²) in [4.78, 5) is 0. The molecule has 0 aromatic carbocycles. The van der Waals surface area contributed by atoms with Crippen LogP contribution in [0, 0.1) is 0 Å². The van der Waals surface area contributed by atoms with Gasteiger partial charge in [-0.1, -0.05) is 0 Å². The van der Waals surface area contributed by atoms with Gasteiger partial charge in [0.2, 0.25) is 0 Å². The zero-order valence-electron chi connectivity index (χ0n) is 5.89. The van der Waals surface area contributed by atoms with Crippen LogP contribution in [0.25, 0.3) is 0 Å². The van der Waals surface area contributed by atoms with Crippen LogP contribution in [0.4, 0.5) is 0 Å². The average molecular weight is 159 g/mol. The maximum absolute atomic E-state index is 3.46. The molecule has 3 nitrogen and oxygen atoms in total. The molecule has 4 heteroatoms. The molecule has 2 unspecified atom stereocenters. The van der Waals surface area contributed by atoms with Crippen molar-refractivity contribution in [1.82, 2.24) is 16.2 Å². The molecule has 2 rings (SSSR count). The Hall–Kier alpha value is 0.230. The number of hydrogen-bond acceptors (Lipinski definition) is 4. The molecular formula is C6H13N3S. The second-order valence-electron chi connectivity index (χ2n) is 2.79.